The first-order valence-electron chi connectivity index (χ1n) is 7.73. The number of imidazole rings is 1. The van der Waals surface area contributed by atoms with Crippen molar-refractivity contribution in [3.8, 4) is 11.6 Å². The second-order valence-corrected chi connectivity index (χ2v) is 6.03. The third-order valence-electron chi connectivity index (χ3n) is 3.52. The summed E-state index contributed by atoms with van der Waals surface area (Å²) < 4.78 is 5.28. The van der Waals surface area contributed by atoms with Crippen LogP contribution in [0.15, 0.2) is 15.6 Å². The van der Waals surface area contributed by atoms with Crippen LogP contribution >= 0.6 is 0 Å². The molecule has 0 aromatic carbocycles. The average molecular weight is 346 g/mol. The first-order chi connectivity index (χ1) is 11.9. The van der Waals surface area contributed by atoms with E-state index in [1.54, 1.807) is 6.92 Å². The largest absolute Gasteiger partial charge is 0.339 e. The van der Waals surface area contributed by atoms with Crippen LogP contribution in [0, 0.1) is 12.8 Å². The molecule has 1 amide bonds. The summed E-state index contributed by atoms with van der Waals surface area (Å²) in [6.07, 6.45) is 1.92. The summed E-state index contributed by atoms with van der Waals surface area (Å²) in [7, 11) is 0. The van der Waals surface area contributed by atoms with E-state index in [2.05, 4.69) is 40.6 Å². The van der Waals surface area contributed by atoms with E-state index in [4.69, 9.17) is 4.52 Å². The van der Waals surface area contributed by atoms with Crippen LogP contribution in [0.4, 0.5) is 0 Å². The van der Waals surface area contributed by atoms with Gasteiger partial charge in [-0.05, 0) is 19.3 Å². The van der Waals surface area contributed by atoms with E-state index in [-0.39, 0.29) is 23.3 Å². The number of carbonyl (C=O) groups is 1. The predicted octanol–water partition coefficient (Wildman–Crippen LogP) is 0.697. The molecule has 3 aromatic heterocycles. The van der Waals surface area contributed by atoms with Crippen molar-refractivity contribution in [2.75, 3.05) is 0 Å². The van der Waals surface area contributed by atoms with Gasteiger partial charge in [-0.25, -0.2) is 9.78 Å². The molecule has 1 atom stereocenters. The highest BCUT2D eigenvalue weighted by atomic mass is 16.5. The first kappa shape index (κ1) is 16.6. The summed E-state index contributed by atoms with van der Waals surface area (Å²) in [5.41, 5.74) is 0.195. The van der Waals surface area contributed by atoms with Gasteiger partial charge in [0.2, 0.25) is 11.7 Å². The number of rotatable bonds is 6. The van der Waals surface area contributed by atoms with Crippen molar-refractivity contribution in [2.24, 2.45) is 5.92 Å². The van der Waals surface area contributed by atoms with E-state index in [0.29, 0.717) is 17.9 Å². The molecule has 0 saturated heterocycles. The number of carbonyl (C=O) groups excluding carboxylic acids is 1. The highest BCUT2D eigenvalue weighted by Gasteiger charge is 2.25. The maximum Gasteiger partial charge on any atom is 0.323 e. The van der Waals surface area contributed by atoms with Gasteiger partial charge in [-0.1, -0.05) is 19.0 Å². The summed E-state index contributed by atoms with van der Waals surface area (Å²) in [6.45, 7) is 5.66. The van der Waals surface area contributed by atoms with Crippen LogP contribution in [0.5, 0.6) is 0 Å². The number of aromatic amines is 3. The quantitative estimate of drug-likeness (QED) is 0.511. The van der Waals surface area contributed by atoms with E-state index in [1.165, 1.54) is 6.33 Å². The SMILES string of the molecule is Cc1[nH]c(=O)[nH]c1C(=O)NC(CC(C)C)c1nc(-c2ncn[nH]2)no1. The Bertz CT molecular complexity index is 905. The number of aromatic nitrogens is 7. The molecule has 25 heavy (non-hydrogen) atoms. The van der Waals surface area contributed by atoms with Crippen molar-refractivity contribution in [3.63, 3.8) is 0 Å². The smallest absolute Gasteiger partial charge is 0.323 e. The van der Waals surface area contributed by atoms with Gasteiger partial charge in [-0.2, -0.15) is 10.1 Å². The lowest BCUT2D eigenvalue weighted by atomic mass is 10.0. The lowest BCUT2D eigenvalue weighted by Gasteiger charge is -2.16. The van der Waals surface area contributed by atoms with Crippen LogP contribution in [-0.4, -0.2) is 41.2 Å². The minimum Gasteiger partial charge on any atom is -0.339 e. The van der Waals surface area contributed by atoms with E-state index in [1.807, 2.05) is 13.8 Å². The van der Waals surface area contributed by atoms with Crippen LogP contribution < -0.4 is 11.0 Å². The fraction of sp³-hybridized carbons (Fsp3) is 0.429. The first-order valence-corrected chi connectivity index (χ1v) is 7.73. The molecule has 0 aliphatic carbocycles. The van der Waals surface area contributed by atoms with Crippen molar-refractivity contribution in [2.45, 2.75) is 33.2 Å². The molecule has 0 spiro atoms. The zero-order chi connectivity index (χ0) is 18.0. The zero-order valence-electron chi connectivity index (χ0n) is 14.0. The number of amides is 1. The van der Waals surface area contributed by atoms with E-state index in [0.717, 1.165) is 0 Å². The Labute approximate surface area is 141 Å². The number of nitrogens with zero attached hydrogens (tertiary/aromatic N) is 4. The molecule has 3 rings (SSSR count). The number of hydrogen-bond donors (Lipinski definition) is 4. The van der Waals surface area contributed by atoms with Gasteiger partial charge in [0, 0.05) is 5.69 Å². The molecule has 132 valence electrons. The minimum absolute atomic E-state index is 0.175. The fourth-order valence-electron chi connectivity index (χ4n) is 2.41. The van der Waals surface area contributed by atoms with Crippen LogP contribution in [0.25, 0.3) is 11.6 Å². The standard InChI is InChI=1S/C14H18N8O3/c1-6(2)4-8(18-12(23)9-7(3)17-14(24)19-9)13-20-11(22-25-13)10-15-5-16-21-10/h5-6,8H,4H2,1-3H3,(H,18,23)(H,15,16,21)(H2,17,19,24). The number of aryl methyl sites for hydroxylation is 1. The molecule has 3 aromatic rings. The van der Waals surface area contributed by atoms with Crippen molar-refractivity contribution in [1.82, 2.24) is 40.6 Å². The minimum atomic E-state index is -0.505. The van der Waals surface area contributed by atoms with Crippen LogP contribution in [0.3, 0.4) is 0 Å². The van der Waals surface area contributed by atoms with Crippen LogP contribution in [0.2, 0.25) is 0 Å². The highest BCUT2D eigenvalue weighted by molar-refractivity contribution is 5.93. The number of nitrogens with one attached hydrogen (secondary N) is 4. The Morgan fingerprint density at radius 2 is 2.16 bits per heavy atom. The van der Waals surface area contributed by atoms with Crippen LogP contribution in [-0.2, 0) is 0 Å². The molecule has 4 N–H and O–H groups in total. The van der Waals surface area contributed by atoms with Crippen molar-refractivity contribution in [1.29, 1.82) is 0 Å². The number of H-pyrrole nitrogens is 3. The predicted molar refractivity (Wildman–Crippen MR) is 85.5 cm³/mol. The summed E-state index contributed by atoms with van der Waals surface area (Å²) in [4.78, 5) is 37.0. The molecule has 0 aliphatic rings. The molecule has 0 aliphatic heterocycles. The van der Waals surface area contributed by atoms with Crippen molar-refractivity contribution in [3.05, 3.63) is 34.1 Å². The Hall–Kier alpha value is -3.24. The average Bonchev–Trinajstić information content (AvgIpc) is 3.25. The monoisotopic (exact) mass is 346 g/mol. The maximum atomic E-state index is 12.5. The molecule has 0 bridgehead atoms. The molecule has 0 saturated carbocycles. The summed E-state index contributed by atoms with van der Waals surface area (Å²) in [5, 5.41) is 13.1. The fourth-order valence-corrected chi connectivity index (χ4v) is 2.41. The van der Waals surface area contributed by atoms with Gasteiger partial charge >= 0.3 is 5.69 Å². The van der Waals surface area contributed by atoms with Crippen molar-refractivity contribution < 1.29 is 9.32 Å². The topological polar surface area (TPSA) is 158 Å². The third kappa shape index (κ3) is 3.65. The van der Waals surface area contributed by atoms with Gasteiger partial charge in [0.15, 0.2) is 5.82 Å². The van der Waals surface area contributed by atoms with Gasteiger partial charge in [-0.15, -0.1) is 0 Å². The summed E-state index contributed by atoms with van der Waals surface area (Å²) >= 11 is 0. The van der Waals surface area contributed by atoms with Gasteiger partial charge in [0.25, 0.3) is 5.91 Å². The second-order valence-electron chi connectivity index (χ2n) is 6.03. The lowest BCUT2D eigenvalue weighted by molar-refractivity contribution is 0.0917. The van der Waals surface area contributed by atoms with Gasteiger partial charge in [0.05, 0.1) is 0 Å². The molecular formula is C14H18N8O3. The molecule has 0 fully saturated rings. The lowest BCUT2D eigenvalue weighted by Crippen LogP contribution is -2.30. The van der Waals surface area contributed by atoms with Gasteiger partial charge in [0.1, 0.15) is 18.1 Å². The van der Waals surface area contributed by atoms with Crippen molar-refractivity contribution >= 4 is 5.91 Å². The molecule has 11 heteroatoms. The normalized spacial score (nSPS) is 12.5. The molecule has 1 unspecified atom stereocenters. The Morgan fingerprint density at radius 1 is 1.36 bits per heavy atom. The molecular weight excluding hydrogens is 328 g/mol. The number of hydrogen-bond acceptors (Lipinski definition) is 7. The second kappa shape index (κ2) is 6.71. The molecule has 3 heterocycles. The maximum absolute atomic E-state index is 12.5. The third-order valence-corrected chi connectivity index (χ3v) is 3.52. The van der Waals surface area contributed by atoms with E-state index < -0.39 is 17.6 Å². The summed E-state index contributed by atoms with van der Waals surface area (Å²) in [5.74, 6) is 0.708. The van der Waals surface area contributed by atoms with E-state index >= 15 is 0 Å². The Morgan fingerprint density at radius 3 is 2.76 bits per heavy atom. The van der Waals surface area contributed by atoms with Crippen LogP contribution in [0.1, 0.15) is 48.4 Å². The zero-order valence-corrected chi connectivity index (χ0v) is 14.0. The highest BCUT2D eigenvalue weighted by Crippen LogP contribution is 2.22. The van der Waals surface area contributed by atoms with E-state index in [9.17, 15) is 9.59 Å². The van der Waals surface area contributed by atoms with Gasteiger partial charge < -0.3 is 19.8 Å². The Balaban J connectivity index is 1.83. The molecule has 0 radical (unpaired) electrons. The Kier molecular flexibility index (Phi) is 4.46. The van der Waals surface area contributed by atoms with Gasteiger partial charge in [-0.3, -0.25) is 9.89 Å². The summed E-state index contributed by atoms with van der Waals surface area (Å²) in [6, 6.07) is -0.505. The molecule has 11 nitrogen and oxygen atoms in total.